The average molecular weight is 698 g/mol. The van der Waals surface area contributed by atoms with Gasteiger partial charge in [-0.15, -0.1) is 0 Å². The van der Waals surface area contributed by atoms with E-state index < -0.39 is 39.3 Å². The number of rotatable bonds is 10. The molecule has 14 heteroatoms. The van der Waals surface area contributed by atoms with Crippen molar-refractivity contribution < 1.29 is 35.9 Å². The molecule has 49 heavy (non-hydrogen) atoms. The highest BCUT2D eigenvalue weighted by molar-refractivity contribution is 7.90. The first-order chi connectivity index (χ1) is 22.9. The predicted octanol–water partition coefficient (Wildman–Crippen LogP) is 6.76. The second-order valence-electron chi connectivity index (χ2n) is 13.1. The summed E-state index contributed by atoms with van der Waals surface area (Å²) in [5.41, 5.74) is 0.416. The molecule has 2 N–H and O–H groups in total. The van der Waals surface area contributed by atoms with E-state index in [9.17, 15) is 31.2 Å². The third-order valence-corrected chi connectivity index (χ3v) is 8.97. The number of hydrogen-bond donors (Lipinski definition) is 2. The zero-order valence-corrected chi connectivity index (χ0v) is 28.5. The van der Waals surface area contributed by atoms with Crippen LogP contribution in [0.5, 0.6) is 0 Å². The van der Waals surface area contributed by atoms with Gasteiger partial charge in [0.05, 0.1) is 16.6 Å². The smallest absolute Gasteiger partial charge is 0.435 e. The molecule has 3 aromatic carbocycles. The summed E-state index contributed by atoms with van der Waals surface area (Å²) < 4.78 is 71.8. The normalized spacial score (nSPS) is 14.4. The maximum absolute atomic E-state index is 13.8. The van der Waals surface area contributed by atoms with Crippen LogP contribution in [0.25, 0.3) is 5.69 Å². The maximum Gasteiger partial charge on any atom is 0.435 e. The standard InChI is InChI=1S/C35H38F3N5O5S/c1-34(2,3)48-33(45)39-21-22-8-6-11-27(18-22)43-29(20-30(41-43)35(36,37)38)32(44)40-25-10-7-9-24(19-25)31(42(4)26-14-15-26)23-12-16-28(17-13-23)49(5,46)47/h6-13,16-20,26,31H,14-15,21H2,1-5H3,(H,39,45)(H,40,44). The largest absolute Gasteiger partial charge is 0.444 e. The van der Waals surface area contributed by atoms with Gasteiger partial charge in [-0.2, -0.15) is 18.3 Å². The number of alkyl carbamates (subject to hydrolysis) is 1. The van der Waals surface area contributed by atoms with E-state index in [0.717, 1.165) is 34.9 Å². The lowest BCUT2D eigenvalue weighted by Crippen LogP contribution is -2.32. The van der Waals surface area contributed by atoms with Crippen molar-refractivity contribution in [1.82, 2.24) is 20.0 Å². The number of anilines is 1. The Hall–Kier alpha value is -4.69. The molecule has 4 aromatic rings. The number of amides is 2. The predicted molar refractivity (Wildman–Crippen MR) is 178 cm³/mol. The summed E-state index contributed by atoms with van der Waals surface area (Å²) >= 11 is 0. The Morgan fingerprint density at radius 1 is 0.980 bits per heavy atom. The number of carbonyl (C=O) groups excluding carboxylic acids is 2. The van der Waals surface area contributed by atoms with Crippen LogP contribution in [0, 0.1) is 0 Å². The summed E-state index contributed by atoms with van der Waals surface area (Å²) in [5.74, 6) is -0.818. The van der Waals surface area contributed by atoms with Crippen LogP contribution in [0.4, 0.5) is 23.7 Å². The molecule has 2 amide bonds. The summed E-state index contributed by atoms with van der Waals surface area (Å²) in [6, 6.07) is 20.7. The molecule has 1 fully saturated rings. The van der Waals surface area contributed by atoms with Crippen LogP contribution in [-0.4, -0.2) is 60.0 Å². The van der Waals surface area contributed by atoms with Gasteiger partial charge in [0, 0.05) is 30.6 Å². The van der Waals surface area contributed by atoms with E-state index in [1.54, 1.807) is 75.4 Å². The van der Waals surface area contributed by atoms with Crippen molar-refractivity contribution in [2.75, 3.05) is 18.6 Å². The van der Waals surface area contributed by atoms with Gasteiger partial charge in [-0.25, -0.2) is 17.9 Å². The zero-order valence-electron chi connectivity index (χ0n) is 27.7. The second-order valence-corrected chi connectivity index (χ2v) is 15.1. The Balaban J connectivity index is 1.43. The van der Waals surface area contributed by atoms with Gasteiger partial charge in [0.1, 0.15) is 11.3 Å². The third kappa shape index (κ3) is 9.06. The fourth-order valence-electron chi connectivity index (χ4n) is 5.40. The number of nitrogens with zero attached hydrogens (tertiary/aromatic N) is 3. The minimum absolute atomic E-state index is 0.0257. The van der Waals surface area contributed by atoms with Gasteiger partial charge in [-0.1, -0.05) is 36.4 Å². The Morgan fingerprint density at radius 3 is 2.27 bits per heavy atom. The summed E-state index contributed by atoms with van der Waals surface area (Å²) in [6.45, 7) is 5.19. The molecule has 260 valence electrons. The highest BCUT2D eigenvalue weighted by atomic mass is 32.2. The minimum atomic E-state index is -4.82. The van der Waals surface area contributed by atoms with Crippen LogP contribution < -0.4 is 10.6 Å². The molecule has 0 saturated heterocycles. The molecule has 1 heterocycles. The average Bonchev–Trinajstić information content (AvgIpc) is 3.76. The number of nitrogens with one attached hydrogen (secondary N) is 2. The summed E-state index contributed by atoms with van der Waals surface area (Å²) in [6.07, 6.45) is -2.31. The number of hydrogen-bond acceptors (Lipinski definition) is 7. The molecule has 1 unspecified atom stereocenters. The van der Waals surface area contributed by atoms with Crippen molar-refractivity contribution in [3.05, 3.63) is 107 Å². The van der Waals surface area contributed by atoms with Crippen molar-refractivity contribution in [3.8, 4) is 5.69 Å². The molecular formula is C35H38F3N5O5S. The van der Waals surface area contributed by atoms with E-state index in [-0.39, 0.29) is 28.9 Å². The van der Waals surface area contributed by atoms with Crippen LogP contribution in [0.1, 0.15) is 72.5 Å². The summed E-state index contributed by atoms with van der Waals surface area (Å²) in [4.78, 5) is 28.2. The van der Waals surface area contributed by atoms with Crippen LogP contribution >= 0.6 is 0 Å². The van der Waals surface area contributed by atoms with Gasteiger partial charge in [-0.3, -0.25) is 9.69 Å². The Bertz CT molecular complexity index is 1950. The van der Waals surface area contributed by atoms with Gasteiger partial charge in [-0.05, 0) is 93.7 Å². The minimum Gasteiger partial charge on any atom is -0.444 e. The van der Waals surface area contributed by atoms with E-state index in [0.29, 0.717) is 23.4 Å². The lowest BCUT2D eigenvalue weighted by molar-refractivity contribution is -0.141. The van der Waals surface area contributed by atoms with Crippen molar-refractivity contribution in [2.45, 2.75) is 68.9 Å². The number of alkyl halides is 3. The SMILES string of the molecule is CN(C1CC1)C(c1ccc(S(C)(=O)=O)cc1)c1cccc(NC(=O)c2cc(C(F)(F)F)nn2-c2cccc(CNC(=O)OC(C)(C)C)c2)c1. The van der Waals surface area contributed by atoms with E-state index in [1.807, 2.05) is 13.1 Å². The first-order valence-electron chi connectivity index (χ1n) is 15.6. The Morgan fingerprint density at radius 2 is 1.65 bits per heavy atom. The molecule has 0 spiro atoms. The quantitative estimate of drug-likeness (QED) is 0.188. The Kier molecular flexibility index (Phi) is 9.94. The van der Waals surface area contributed by atoms with Crippen molar-refractivity contribution >= 4 is 27.5 Å². The number of sulfone groups is 1. The molecule has 0 radical (unpaired) electrons. The van der Waals surface area contributed by atoms with Gasteiger partial charge in [0.15, 0.2) is 15.5 Å². The second kappa shape index (κ2) is 13.7. The summed E-state index contributed by atoms with van der Waals surface area (Å²) in [7, 11) is -1.41. The fourth-order valence-corrected chi connectivity index (χ4v) is 6.03. The summed E-state index contributed by atoms with van der Waals surface area (Å²) in [5, 5.41) is 9.07. The molecule has 1 aromatic heterocycles. The molecule has 10 nitrogen and oxygen atoms in total. The number of aromatic nitrogens is 2. The van der Waals surface area contributed by atoms with Gasteiger partial charge in [0.25, 0.3) is 5.91 Å². The van der Waals surface area contributed by atoms with Crippen molar-refractivity contribution in [3.63, 3.8) is 0 Å². The lowest BCUT2D eigenvalue weighted by atomic mass is 9.96. The van der Waals surface area contributed by atoms with Gasteiger partial charge >= 0.3 is 12.3 Å². The highest BCUT2D eigenvalue weighted by Gasteiger charge is 2.37. The maximum atomic E-state index is 13.8. The molecule has 0 aliphatic heterocycles. The highest BCUT2D eigenvalue weighted by Crippen LogP contribution is 2.38. The molecule has 1 atom stereocenters. The molecule has 1 saturated carbocycles. The monoisotopic (exact) mass is 697 g/mol. The van der Waals surface area contributed by atoms with Crippen LogP contribution in [0.2, 0.25) is 0 Å². The molecule has 1 aliphatic carbocycles. The van der Waals surface area contributed by atoms with Crippen LogP contribution in [0.3, 0.4) is 0 Å². The first-order valence-corrected chi connectivity index (χ1v) is 17.4. The number of ether oxygens (including phenoxy) is 1. The Labute approximate surface area is 283 Å². The topological polar surface area (TPSA) is 123 Å². The third-order valence-electron chi connectivity index (χ3n) is 7.84. The van der Waals surface area contributed by atoms with Gasteiger partial charge < -0.3 is 15.4 Å². The van der Waals surface area contributed by atoms with Crippen molar-refractivity contribution in [2.24, 2.45) is 0 Å². The van der Waals surface area contributed by atoms with E-state index >= 15 is 0 Å². The van der Waals surface area contributed by atoms with Crippen LogP contribution in [-0.2, 0) is 27.3 Å². The van der Waals surface area contributed by atoms with Crippen LogP contribution in [0.15, 0.2) is 83.8 Å². The molecule has 0 bridgehead atoms. The van der Waals surface area contributed by atoms with E-state index in [4.69, 9.17) is 4.74 Å². The number of benzene rings is 3. The molecular weight excluding hydrogens is 659 g/mol. The number of halogens is 3. The molecule has 1 aliphatic rings. The van der Waals surface area contributed by atoms with Crippen molar-refractivity contribution in [1.29, 1.82) is 0 Å². The van der Waals surface area contributed by atoms with Gasteiger partial charge in [0.2, 0.25) is 0 Å². The fraction of sp³-hybridized carbons (Fsp3) is 0.343. The molecule has 5 rings (SSSR count). The lowest BCUT2D eigenvalue weighted by Gasteiger charge is -2.29. The van der Waals surface area contributed by atoms with E-state index in [2.05, 4.69) is 20.6 Å². The first kappa shape index (κ1) is 35.6. The van der Waals surface area contributed by atoms with E-state index in [1.165, 1.54) is 12.1 Å². The number of carbonyl (C=O) groups is 2. The zero-order chi connectivity index (χ0) is 35.7.